The summed E-state index contributed by atoms with van der Waals surface area (Å²) in [5.74, 6) is 0. The third-order valence-corrected chi connectivity index (χ3v) is 4.06. The second kappa shape index (κ2) is 7.03. The predicted molar refractivity (Wildman–Crippen MR) is 86.3 cm³/mol. The zero-order chi connectivity index (χ0) is 15.4. The fourth-order valence-corrected chi connectivity index (χ4v) is 2.69. The number of ether oxygens (including phenoxy) is 1. The second-order valence-corrected chi connectivity index (χ2v) is 6.08. The average Bonchev–Trinajstić information content (AvgIpc) is 3.04. The Kier molecular flexibility index (Phi) is 4.85. The van der Waals surface area contributed by atoms with Gasteiger partial charge in [-0.15, -0.1) is 0 Å². The molecule has 1 aliphatic rings. The Bertz CT molecular complexity index is 585. The minimum absolute atomic E-state index is 0.00665. The van der Waals surface area contributed by atoms with Gasteiger partial charge in [-0.3, -0.25) is 0 Å². The topological polar surface area (TPSA) is 66.0 Å². The van der Waals surface area contributed by atoms with Crippen molar-refractivity contribution in [3.63, 3.8) is 0 Å². The van der Waals surface area contributed by atoms with E-state index in [4.69, 9.17) is 10.5 Å². The molecule has 2 aromatic rings. The summed E-state index contributed by atoms with van der Waals surface area (Å²) in [7, 11) is 0. The molecule has 22 heavy (non-hydrogen) atoms. The number of nitrogens with two attached hydrogens (primary N) is 1. The zero-order valence-electron chi connectivity index (χ0n) is 13.1. The lowest BCUT2D eigenvalue weighted by Crippen LogP contribution is -2.20. The van der Waals surface area contributed by atoms with E-state index in [9.17, 15) is 0 Å². The Hall–Kier alpha value is -1.72. The molecule has 1 aliphatic heterocycles. The summed E-state index contributed by atoms with van der Waals surface area (Å²) in [6.07, 6.45) is 7.13. The van der Waals surface area contributed by atoms with E-state index in [1.807, 2.05) is 13.1 Å². The zero-order valence-corrected chi connectivity index (χ0v) is 13.1. The smallest absolute Gasteiger partial charge is 0.169 e. The van der Waals surface area contributed by atoms with Gasteiger partial charge in [-0.05, 0) is 44.6 Å². The molecule has 3 rings (SSSR count). The summed E-state index contributed by atoms with van der Waals surface area (Å²) in [6, 6.07) is 8.75. The molecule has 0 aliphatic carbocycles. The highest BCUT2D eigenvalue weighted by atomic mass is 16.5. The number of nitrogens with zero attached hydrogens (tertiary/aromatic N) is 3. The van der Waals surface area contributed by atoms with Crippen molar-refractivity contribution in [3.05, 3.63) is 36.0 Å². The first kappa shape index (κ1) is 15.2. The van der Waals surface area contributed by atoms with E-state index in [0.29, 0.717) is 0 Å². The first-order valence-electron chi connectivity index (χ1n) is 8.11. The normalized spacial score (nSPS) is 20.0. The van der Waals surface area contributed by atoms with E-state index in [0.717, 1.165) is 43.5 Å². The van der Waals surface area contributed by atoms with Gasteiger partial charge < -0.3 is 10.5 Å². The molecule has 0 bridgehead atoms. The van der Waals surface area contributed by atoms with Crippen molar-refractivity contribution in [2.75, 3.05) is 6.61 Å². The first-order valence-corrected chi connectivity index (χ1v) is 8.11. The van der Waals surface area contributed by atoms with Crippen molar-refractivity contribution in [2.45, 2.75) is 51.3 Å². The van der Waals surface area contributed by atoms with Gasteiger partial charge in [-0.25, -0.2) is 0 Å². The van der Waals surface area contributed by atoms with E-state index in [2.05, 4.69) is 34.5 Å². The van der Waals surface area contributed by atoms with Crippen LogP contribution < -0.4 is 5.73 Å². The lowest BCUT2D eigenvalue weighted by molar-refractivity contribution is -0.0479. The lowest BCUT2D eigenvalue weighted by atomic mass is 10.0. The Labute approximate surface area is 131 Å². The predicted octanol–water partition coefficient (Wildman–Crippen LogP) is 2.92. The van der Waals surface area contributed by atoms with Crippen molar-refractivity contribution in [2.24, 2.45) is 5.73 Å². The van der Waals surface area contributed by atoms with Gasteiger partial charge in [0.25, 0.3) is 0 Å². The van der Waals surface area contributed by atoms with Crippen molar-refractivity contribution in [1.29, 1.82) is 0 Å². The second-order valence-electron chi connectivity index (χ2n) is 6.08. The van der Waals surface area contributed by atoms with Crippen LogP contribution in [0.1, 0.15) is 44.4 Å². The van der Waals surface area contributed by atoms with Crippen LogP contribution in [0.15, 0.2) is 30.5 Å². The van der Waals surface area contributed by atoms with Crippen LogP contribution in [0.2, 0.25) is 0 Å². The van der Waals surface area contributed by atoms with Crippen LogP contribution in [0.25, 0.3) is 11.3 Å². The average molecular weight is 300 g/mol. The third kappa shape index (κ3) is 3.72. The molecular formula is C17H24N4O. The standard InChI is InChI=1S/C17H24N4O/c1-13(18)5-6-14-7-9-15(10-8-14)16-12-19-21(20-16)17-4-2-3-11-22-17/h7-10,12-13,17H,2-6,11,18H2,1H3. The highest BCUT2D eigenvalue weighted by molar-refractivity contribution is 5.57. The molecule has 1 aromatic carbocycles. The van der Waals surface area contributed by atoms with E-state index in [1.165, 1.54) is 12.0 Å². The van der Waals surface area contributed by atoms with Crippen LogP contribution in [0.3, 0.4) is 0 Å². The molecule has 2 unspecified atom stereocenters. The van der Waals surface area contributed by atoms with E-state index >= 15 is 0 Å². The van der Waals surface area contributed by atoms with E-state index in [-0.39, 0.29) is 12.3 Å². The maximum absolute atomic E-state index is 5.80. The minimum Gasteiger partial charge on any atom is -0.355 e. The van der Waals surface area contributed by atoms with E-state index < -0.39 is 0 Å². The Balaban J connectivity index is 1.67. The van der Waals surface area contributed by atoms with Gasteiger partial charge in [0.05, 0.1) is 6.20 Å². The Morgan fingerprint density at radius 3 is 2.82 bits per heavy atom. The summed E-state index contributed by atoms with van der Waals surface area (Å²) in [5.41, 5.74) is 9.10. The van der Waals surface area contributed by atoms with Gasteiger partial charge in [0, 0.05) is 18.2 Å². The van der Waals surface area contributed by atoms with Crippen molar-refractivity contribution < 1.29 is 4.74 Å². The van der Waals surface area contributed by atoms with Crippen LogP contribution in [0.4, 0.5) is 0 Å². The van der Waals surface area contributed by atoms with Crippen LogP contribution >= 0.6 is 0 Å². The summed E-state index contributed by atoms with van der Waals surface area (Å²) >= 11 is 0. The summed E-state index contributed by atoms with van der Waals surface area (Å²) in [5, 5.41) is 8.93. The number of aryl methyl sites for hydroxylation is 1. The maximum Gasteiger partial charge on any atom is 0.169 e. The summed E-state index contributed by atoms with van der Waals surface area (Å²) in [4.78, 5) is 1.71. The van der Waals surface area contributed by atoms with Gasteiger partial charge in [-0.1, -0.05) is 24.3 Å². The molecule has 0 saturated carbocycles. The molecule has 1 aromatic heterocycles. The van der Waals surface area contributed by atoms with Gasteiger partial charge in [0.2, 0.25) is 0 Å². The number of rotatable bonds is 5. The Morgan fingerprint density at radius 1 is 1.32 bits per heavy atom. The van der Waals surface area contributed by atoms with Crippen LogP contribution in [-0.2, 0) is 11.2 Å². The van der Waals surface area contributed by atoms with Crippen molar-refractivity contribution in [1.82, 2.24) is 15.0 Å². The van der Waals surface area contributed by atoms with Crippen LogP contribution in [0, 0.1) is 0 Å². The van der Waals surface area contributed by atoms with Gasteiger partial charge in [0.1, 0.15) is 5.69 Å². The van der Waals surface area contributed by atoms with Crippen LogP contribution in [-0.4, -0.2) is 27.6 Å². The molecule has 118 valence electrons. The quantitative estimate of drug-likeness (QED) is 0.922. The number of hydrogen-bond acceptors (Lipinski definition) is 4. The third-order valence-electron chi connectivity index (χ3n) is 4.06. The largest absolute Gasteiger partial charge is 0.355 e. The molecule has 1 fully saturated rings. The SMILES string of the molecule is CC(N)CCc1ccc(-c2cnn(C3CCCCO3)n2)cc1. The molecule has 0 spiro atoms. The molecular weight excluding hydrogens is 276 g/mol. The number of aromatic nitrogens is 3. The number of hydrogen-bond donors (Lipinski definition) is 1. The minimum atomic E-state index is -0.00665. The Morgan fingerprint density at radius 2 is 2.14 bits per heavy atom. The maximum atomic E-state index is 5.80. The molecule has 2 heterocycles. The van der Waals surface area contributed by atoms with Gasteiger partial charge in [-0.2, -0.15) is 15.0 Å². The fraction of sp³-hybridized carbons (Fsp3) is 0.529. The number of benzene rings is 1. The van der Waals surface area contributed by atoms with Crippen molar-refractivity contribution in [3.8, 4) is 11.3 Å². The molecule has 0 amide bonds. The summed E-state index contributed by atoms with van der Waals surface area (Å²) in [6.45, 7) is 2.84. The first-order chi connectivity index (χ1) is 10.7. The monoisotopic (exact) mass is 300 g/mol. The molecule has 0 radical (unpaired) electrons. The molecule has 1 saturated heterocycles. The van der Waals surface area contributed by atoms with Gasteiger partial charge in [0.15, 0.2) is 6.23 Å². The molecule has 2 atom stereocenters. The summed E-state index contributed by atoms with van der Waals surface area (Å²) < 4.78 is 5.71. The highest BCUT2D eigenvalue weighted by Gasteiger charge is 2.18. The lowest BCUT2D eigenvalue weighted by Gasteiger charge is -2.21. The highest BCUT2D eigenvalue weighted by Crippen LogP contribution is 2.23. The van der Waals surface area contributed by atoms with Crippen molar-refractivity contribution >= 4 is 0 Å². The van der Waals surface area contributed by atoms with Crippen LogP contribution in [0.5, 0.6) is 0 Å². The van der Waals surface area contributed by atoms with E-state index in [1.54, 1.807) is 4.80 Å². The molecule has 5 nitrogen and oxygen atoms in total. The molecule has 5 heteroatoms. The fourth-order valence-electron chi connectivity index (χ4n) is 2.69. The molecule has 2 N–H and O–H groups in total. The van der Waals surface area contributed by atoms with Gasteiger partial charge >= 0.3 is 0 Å².